The highest BCUT2D eigenvalue weighted by Crippen LogP contribution is 2.27. The number of rotatable bonds is 5. The number of carbonyl (C=O) groups excluding carboxylic acids is 1. The first-order valence-electron chi connectivity index (χ1n) is 8.25. The number of halogens is 4. The van der Waals surface area contributed by atoms with E-state index in [9.17, 15) is 18.0 Å². The molecule has 0 saturated carbocycles. The first-order valence-corrected chi connectivity index (χ1v) is 8.63. The highest BCUT2D eigenvalue weighted by molar-refractivity contribution is 6.31. The summed E-state index contributed by atoms with van der Waals surface area (Å²) in [5, 5.41) is 2.73. The Labute approximate surface area is 163 Å². The van der Waals surface area contributed by atoms with Gasteiger partial charge in [0, 0.05) is 6.20 Å². The number of aromatic nitrogens is 3. The van der Waals surface area contributed by atoms with Crippen LogP contribution in [0, 0.1) is 6.92 Å². The van der Waals surface area contributed by atoms with Crippen molar-refractivity contribution in [1.82, 2.24) is 20.3 Å². The van der Waals surface area contributed by atoms with Crippen LogP contribution in [0.15, 0.2) is 30.5 Å². The van der Waals surface area contributed by atoms with Gasteiger partial charge in [0.25, 0.3) is 5.91 Å². The van der Waals surface area contributed by atoms with Crippen LogP contribution in [0.5, 0.6) is 5.88 Å². The molecule has 1 unspecified atom stereocenters. The SMILES string of the molecule is Cc1nc2c(C(=O)NC(C)c3cnc(OCC(F)(F)F)c(Cl)c3)cccc2[nH]1. The van der Waals surface area contributed by atoms with E-state index in [0.29, 0.717) is 22.5 Å². The Kier molecular flexibility index (Phi) is 5.46. The van der Waals surface area contributed by atoms with Crippen molar-refractivity contribution >= 4 is 28.5 Å². The minimum absolute atomic E-state index is 0.0760. The van der Waals surface area contributed by atoms with Crippen LogP contribution in [0.2, 0.25) is 5.02 Å². The molecule has 1 amide bonds. The fourth-order valence-electron chi connectivity index (χ4n) is 2.63. The van der Waals surface area contributed by atoms with Gasteiger partial charge in [-0.2, -0.15) is 13.2 Å². The summed E-state index contributed by atoms with van der Waals surface area (Å²) >= 11 is 5.96. The van der Waals surface area contributed by atoms with E-state index in [1.165, 1.54) is 12.3 Å². The van der Waals surface area contributed by atoms with Crippen molar-refractivity contribution in [2.75, 3.05) is 6.61 Å². The number of H-pyrrole nitrogens is 1. The van der Waals surface area contributed by atoms with Gasteiger partial charge in [0.05, 0.1) is 17.1 Å². The van der Waals surface area contributed by atoms with Crippen LogP contribution in [0.1, 0.15) is 34.7 Å². The Bertz CT molecular complexity index is 1020. The van der Waals surface area contributed by atoms with Crippen molar-refractivity contribution in [1.29, 1.82) is 0 Å². The predicted molar refractivity (Wildman–Crippen MR) is 97.5 cm³/mol. The van der Waals surface area contributed by atoms with Gasteiger partial charge >= 0.3 is 6.18 Å². The maximum absolute atomic E-state index is 12.6. The number of amides is 1. The molecule has 3 rings (SSSR count). The van der Waals surface area contributed by atoms with Crippen LogP contribution < -0.4 is 10.1 Å². The number of ether oxygens (including phenoxy) is 1. The molecule has 10 heteroatoms. The van der Waals surface area contributed by atoms with Gasteiger partial charge in [-0.15, -0.1) is 0 Å². The number of alkyl halides is 3. The zero-order valence-electron chi connectivity index (χ0n) is 14.9. The lowest BCUT2D eigenvalue weighted by molar-refractivity contribution is -0.154. The lowest BCUT2D eigenvalue weighted by Gasteiger charge is -2.16. The van der Waals surface area contributed by atoms with Crippen molar-refractivity contribution in [2.45, 2.75) is 26.1 Å². The summed E-state index contributed by atoms with van der Waals surface area (Å²) in [6.07, 6.45) is -3.18. The van der Waals surface area contributed by atoms with Crippen LogP contribution in [0.25, 0.3) is 11.0 Å². The molecule has 0 radical (unpaired) electrons. The number of aryl methyl sites for hydroxylation is 1. The third-order valence-electron chi connectivity index (χ3n) is 3.92. The lowest BCUT2D eigenvalue weighted by atomic mass is 10.1. The molecule has 0 fully saturated rings. The van der Waals surface area contributed by atoms with Gasteiger partial charge in [-0.1, -0.05) is 17.7 Å². The Hall–Kier alpha value is -2.81. The summed E-state index contributed by atoms with van der Waals surface area (Å²) < 4.78 is 41.3. The highest BCUT2D eigenvalue weighted by atomic mass is 35.5. The second-order valence-corrected chi connectivity index (χ2v) is 6.59. The van der Waals surface area contributed by atoms with Crippen LogP contribution in [-0.4, -0.2) is 33.6 Å². The topological polar surface area (TPSA) is 79.9 Å². The fourth-order valence-corrected chi connectivity index (χ4v) is 2.86. The lowest BCUT2D eigenvalue weighted by Crippen LogP contribution is -2.27. The molecule has 3 aromatic rings. The van der Waals surface area contributed by atoms with Gasteiger partial charge in [0.15, 0.2) is 6.61 Å². The summed E-state index contributed by atoms with van der Waals surface area (Å²) in [6, 6.07) is 6.13. The molecule has 148 valence electrons. The number of hydrogen-bond donors (Lipinski definition) is 2. The number of nitrogens with one attached hydrogen (secondary N) is 2. The van der Waals surface area contributed by atoms with Crippen LogP contribution in [0.3, 0.4) is 0 Å². The molecule has 0 aliphatic heterocycles. The third kappa shape index (κ3) is 4.53. The molecule has 0 saturated heterocycles. The first kappa shape index (κ1) is 19.9. The van der Waals surface area contributed by atoms with Crippen LogP contribution >= 0.6 is 11.6 Å². The number of fused-ring (bicyclic) bond motifs is 1. The van der Waals surface area contributed by atoms with E-state index >= 15 is 0 Å². The van der Waals surface area contributed by atoms with Crippen molar-refractivity contribution in [3.63, 3.8) is 0 Å². The predicted octanol–water partition coefficient (Wildman–Crippen LogP) is 4.35. The third-order valence-corrected chi connectivity index (χ3v) is 4.20. The molecule has 6 nitrogen and oxygen atoms in total. The monoisotopic (exact) mass is 412 g/mol. The molecule has 1 atom stereocenters. The average molecular weight is 413 g/mol. The minimum Gasteiger partial charge on any atom is -0.467 e. The van der Waals surface area contributed by atoms with E-state index in [-0.39, 0.29) is 16.8 Å². The second-order valence-electron chi connectivity index (χ2n) is 6.18. The Morgan fingerprint density at radius 1 is 1.39 bits per heavy atom. The van der Waals surface area contributed by atoms with Gasteiger partial charge in [-0.3, -0.25) is 4.79 Å². The van der Waals surface area contributed by atoms with Crippen molar-refractivity contribution in [2.24, 2.45) is 0 Å². The number of carbonyl (C=O) groups is 1. The normalized spacial score (nSPS) is 12.8. The standard InChI is InChI=1S/C18H16ClF3N4O2/c1-9(11-6-13(19)17(23-7-11)28-8-18(20,21)22)24-16(27)12-4-3-5-14-15(12)26-10(2)25-14/h3-7,9H,8H2,1-2H3,(H,24,27)(H,25,26). The maximum Gasteiger partial charge on any atom is 0.422 e. The van der Waals surface area contributed by atoms with E-state index in [4.69, 9.17) is 11.6 Å². The molecule has 2 heterocycles. The number of imidazole rings is 1. The van der Waals surface area contributed by atoms with E-state index < -0.39 is 18.8 Å². The first-order chi connectivity index (χ1) is 13.1. The number of benzene rings is 1. The Morgan fingerprint density at radius 2 is 2.14 bits per heavy atom. The van der Waals surface area contributed by atoms with Crippen LogP contribution in [-0.2, 0) is 0 Å². The van der Waals surface area contributed by atoms with E-state index in [1.54, 1.807) is 26.0 Å². The van der Waals surface area contributed by atoms with Gasteiger partial charge < -0.3 is 15.0 Å². The minimum atomic E-state index is -4.49. The molecule has 2 N–H and O–H groups in total. The number of nitrogens with zero attached hydrogens (tertiary/aromatic N) is 2. The molecule has 0 spiro atoms. The fraction of sp³-hybridized carbons (Fsp3) is 0.278. The molecular weight excluding hydrogens is 397 g/mol. The highest BCUT2D eigenvalue weighted by Gasteiger charge is 2.29. The maximum atomic E-state index is 12.6. The number of pyridine rings is 1. The number of para-hydroxylation sites is 1. The molecule has 1 aromatic carbocycles. The summed E-state index contributed by atoms with van der Waals surface area (Å²) in [6.45, 7) is 2.01. The second kappa shape index (κ2) is 7.67. The quantitative estimate of drug-likeness (QED) is 0.652. The van der Waals surface area contributed by atoms with Crippen molar-refractivity contribution < 1.29 is 22.7 Å². The molecular formula is C18H16ClF3N4O2. The van der Waals surface area contributed by atoms with E-state index in [1.807, 2.05) is 6.07 Å². The van der Waals surface area contributed by atoms with Gasteiger partial charge in [-0.05, 0) is 37.6 Å². The summed E-state index contributed by atoms with van der Waals surface area (Å²) in [5.74, 6) is 0.0184. The van der Waals surface area contributed by atoms with Crippen molar-refractivity contribution in [3.8, 4) is 5.88 Å². The van der Waals surface area contributed by atoms with E-state index in [2.05, 4.69) is 25.0 Å². The zero-order chi connectivity index (χ0) is 20.5. The molecule has 0 bridgehead atoms. The number of hydrogen-bond acceptors (Lipinski definition) is 4. The van der Waals surface area contributed by atoms with E-state index in [0.717, 1.165) is 5.52 Å². The summed E-state index contributed by atoms with van der Waals surface area (Å²) in [4.78, 5) is 23.8. The number of aromatic amines is 1. The van der Waals surface area contributed by atoms with Gasteiger partial charge in [0.2, 0.25) is 5.88 Å². The smallest absolute Gasteiger partial charge is 0.422 e. The summed E-state index contributed by atoms with van der Waals surface area (Å²) in [7, 11) is 0. The van der Waals surface area contributed by atoms with Gasteiger partial charge in [-0.25, -0.2) is 9.97 Å². The van der Waals surface area contributed by atoms with Crippen molar-refractivity contribution in [3.05, 3.63) is 52.4 Å². The zero-order valence-corrected chi connectivity index (χ0v) is 15.6. The largest absolute Gasteiger partial charge is 0.467 e. The Balaban J connectivity index is 1.74. The summed E-state index contributed by atoms with van der Waals surface area (Å²) in [5.41, 5.74) is 2.21. The van der Waals surface area contributed by atoms with Gasteiger partial charge in [0.1, 0.15) is 16.4 Å². The molecule has 0 aliphatic carbocycles. The molecule has 2 aromatic heterocycles. The average Bonchev–Trinajstić information content (AvgIpc) is 2.99. The molecule has 0 aliphatic rings. The Morgan fingerprint density at radius 3 is 2.82 bits per heavy atom. The van der Waals surface area contributed by atoms with Crippen LogP contribution in [0.4, 0.5) is 13.2 Å². The molecule has 28 heavy (non-hydrogen) atoms.